The van der Waals surface area contributed by atoms with E-state index in [1.165, 1.54) is 12.0 Å². The van der Waals surface area contributed by atoms with Gasteiger partial charge in [0, 0.05) is 6.54 Å². The summed E-state index contributed by atoms with van der Waals surface area (Å²) in [5, 5.41) is 0. The second kappa shape index (κ2) is 4.77. The molecule has 13 heavy (non-hydrogen) atoms. The van der Waals surface area contributed by atoms with Gasteiger partial charge in [0.2, 0.25) is 0 Å². The first kappa shape index (κ1) is 10.7. The van der Waals surface area contributed by atoms with E-state index in [0.717, 1.165) is 6.42 Å². The van der Waals surface area contributed by atoms with Crippen molar-refractivity contribution in [2.75, 3.05) is 6.54 Å². The van der Waals surface area contributed by atoms with Crippen LogP contribution >= 0.6 is 0 Å². The maximum Gasteiger partial charge on any atom is 0.0763 e. The number of ether oxygens (including phenoxy) is 1. The zero-order valence-electron chi connectivity index (χ0n) is 8.92. The number of nitrogens with two attached hydrogens (primary N) is 1. The third-order valence-corrected chi connectivity index (χ3v) is 2.64. The van der Waals surface area contributed by atoms with Crippen LogP contribution in [0.4, 0.5) is 0 Å². The van der Waals surface area contributed by atoms with Crippen LogP contribution in [0.2, 0.25) is 0 Å². The van der Waals surface area contributed by atoms with Gasteiger partial charge < -0.3 is 10.5 Å². The first-order valence-corrected chi connectivity index (χ1v) is 5.19. The highest BCUT2D eigenvalue weighted by atomic mass is 16.5. The number of hydrogen-bond acceptors (Lipinski definition) is 2. The molecule has 2 unspecified atom stereocenters. The molecule has 2 nitrogen and oxygen atoms in total. The second-order valence-electron chi connectivity index (χ2n) is 4.16. The molecule has 0 amide bonds. The predicted octanol–water partition coefficient (Wildman–Crippen LogP) is 2.09. The van der Waals surface area contributed by atoms with Crippen LogP contribution in [0.1, 0.15) is 33.6 Å². The van der Waals surface area contributed by atoms with E-state index in [1.54, 1.807) is 0 Å². The highest BCUT2D eigenvalue weighted by Gasteiger charge is 2.20. The molecule has 0 aromatic heterocycles. The van der Waals surface area contributed by atoms with Crippen LogP contribution in [0.15, 0.2) is 11.6 Å². The maximum atomic E-state index is 5.71. The summed E-state index contributed by atoms with van der Waals surface area (Å²) in [7, 11) is 0. The fourth-order valence-electron chi connectivity index (χ4n) is 1.69. The Morgan fingerprint density at radius 3 is 2.62 bits per heavy atom. The Morgan fingerprint density at radius 2 is 2.23 bits per heavy atom. The van der Waals surface area contributed by atoms with Gasteiger partial charge in [-0.25, -0.2) is 0 Å². The Morgan fingerprint density at radius 1 is 1.54 bits per heavy atom. The van der Waals surface area contributed by atoms with E-state index < -0.39 is 0 Å². The highest BCUT2D eigenvalue weighted by Crippen LogP contribution is 2.22. The molecule has 0 aromatic rings. The SMILES string of the molecule is CC1CCC(C=C(CN)C(C)C)O1. The van der Waals surface area contributed by atoms with Crippen LogP contribution in [0, 0.1) is 5.92 Å². The van der Waals surface area contributed by atoms with Crippen molar-refractivity contribution >= 4 is 0 Å². The lowest BCUT2D eigenvalue weighted by molar-refractivity contribution is 0.0826. The third kappa shape index (κ3) is 3.12. The lowest BCUT2D eigenvalue weighted by atomic mass is 10.0. The maximum absolute atomic E-state index is 5.71. The molecule has 0 spiro atoms. The van der Waals surface area contributed by atoms with Gasteiger partial charge in [0.25, 0.3) is 0 Å². The third-order valence-electron chi connectivity index (χ3n) is 2.64. The Hall–Kier alpha value is -0.340. The number of rotatable bonds is 3. The normalized spacial score (nSPS) is 30.1. The van der Waals surface area contributed by atoms with Crippen molar-refractivity contribution in [2.45, 2.75) is 45.8 Å². The molecular weight excluding hydrogens is 162 g/mol. The molecule has 1 heterocycles. The quantitative estimate of drug-likeness (QED) is 0.680. The predicted molar refractivity (Wildman–Crippen MR) is 55.5 cm³/mol. The largest absolute Gasteiger partial charge is 0.371 e. The Labute approximate surface area is 81.1 Å². The molecule has 1 saturated heterocycles. The van der Waals surface area contributed by atoms with Gasteiger partial charge in [0.05, 0.1) is 12.2 Å². The molecule has 0 aromatic carbocycles. The standard InChI is InChI=1S/C11H21NO/c1-8(2)10(7-12)6-11-5-4-9(3)13-11/h6,8-9,11H,4-5,7,12H2,1-3H3. The van der Waals surface area contributed by atoms with Crippen LogP contribution in [0.3, 0.4) is 0 Å². The second-order valence-corrected chi connectivity index (χ2v) is 4.16. The Balaban J connectivity index is 2.52. The molecule has 2 N–H and O–H groups in total. The van der Waals surface area contributed by atoms with Crippen molar-refractivity contribution in [1.29, 1.82) is 0 Å². The minimum absolute atomic E-state index is 0.316. The van der Waals surface area contributed by atoms with Crippen LogP contribution in [-0.2, 0) is 4.74 Å². The molecule has 1 aliphatic heterocycles. The van der Waals surface area contributed by atoms with Crippen molar-refractivity contribution in [3.8, 4) is 0 Å². The van der Waals surface area contributed by atoms with Gasteiger partial charge in [-0.3, -0.25) is 0 Å². The number of hydrogen-bond donors (Lipinski definition) is 1. The van der Waals surface area contributed by atoms with Crippen molar-refractivity contribution < 1.29 is 4.74 Å². The van der Waals surface area contributed by atoms with Gasteiger partial charge in [-0.1, -0.05) is 25.5 Å². The van der Waals surface area contributed by atoms with E-state index in [9.17, 15) is 0 Å². The van der Waals surface area contributed by atoms with Crippen molar-refractivity contribution in [3.05, 3.63) is 11.6 Å². The van der Waals surface area contributed by atoms with Gasteiger partial charge in [0.1, 0.15) is 0 Å². The van der Waals surface area contributed by atoms with E-state index in [4.69, 9.17) is 10.5 Å². The average molecular weight is 183 g/mol. The van der Waals surface area contributed by atoms with Crippen molar-refractivity contribution in [1.82, 2.24) is 0 Å². The van der Waals surface area contributed by atoms with E-state index >= 15 is 0 Å². The molecule has 0 bridgehead atoms. The van der Waals surface area contributed by atoms with Gasteiger partial charge in [-0.2, -0.15) is 0 Å². The molecule has 1 rings (SSSR count). The molecule has 76 valence electrons. The van der Waals surface area contributed by atoms with Gasteiger partial charge >= 0.3 is 0 Å². The Kier molecular flexibility index (Phi) is 3.94. The van der Waals surface area contributed by atoms with E-state index in [1.807, 2.05) is 0 Å². The molecule has 0 aliphatic carbocycles. The van der Waals surface area contributed by atoms with Crippen LogP contribution in [0.5, 0.6) is 0 Å². The monoisotopic (exact) mass is 183 g/mol. The fourth-order valence-corrected chi connectivity index (χ4v) is 1.69. The van der Waals surface area contributed by atoms with Crippen LogP contribution in [0.25, 0.3) is 0 Å². The summed E-state index contributed by atoms with van der Waals surface area (Å²) in [6, 6.07) is 0. The summed E-state index contributed by atoms with van der Waals surface area (Å²) in [5.41, 5.74) is 6.98. The first-order valence-electron chi connectivity index (χ1n) is 5.19. The lowest BCUT2D eigenvalue weighted by Gasteiger charge is -2.12. The van der Waals surface area contributed by atoms with Crippen LogP contribution in [-0.4, -0.2) is 18.8 Å². The van der Waals surface area contributed by atoms with Gasteiger partial charge in [0.15, 0.2) is 0 Å². The summed E-state index contributed by atoms with van der Waals surface area (Å²) in [5.74, 6) is 0.546. The smallest absolute Gasteiger partial charge is 0.0763 e. The lowest BCUT2D eigenvalue weighted by Crippen LogP contribution is -2.13. The molecule has 1 fully saturated rings. The van der Waals surface area contributed by atoms with E-state index in [2.05, 4.69) is 26.8 Å². The summed E-state index contributed by atoms with van der Waals surface area (Å²) < 4.78 is 5.71. The zero-order chi connectivity index (χ0) is 9.84. The fraction of sp³-hybridized carbons (Fsp3) is 0.818. The van der Waals surface area contributed by atoms with Crippen LogP contribution < -0.4 is 5.73 Å². The summed E-state index contributed by atoms with van der Waals surface area (Å²) in [6.07, 6.45) is 5.28. The van der Waals surface area contributed by atoms with E-state index in [-0.39, 0.29) is 0 Å². The minimum Gasteiger partial charge on any atom is -0.371 e. The van der Waals surface area contributed by atoms with Crippen molar-refractivity contribution in [2.24, 2.45) is 11.7 Å². The average Bonchev–Trinajstić information content (AvgIpc) is 2.46. The topological polar surface area (TPSA) is 35.2 Å². The van der Waals surface area contributed by atoms with Gasteiger partial charge in [-0.05, 0) is 25.7 Å². The molecule has 1 aliphatic rings. The molecule has 0 radical (unpaired) electrons. The molecular formula is C11H21NO. The first-order chi connectivity index (χ1) is 6.13. The van der Waals surface area contributed by atoms with E-state index in [0.29, 0.717) is 24.7 Å². The zero-order valence-corrected chi connectivity index (χ0v) is 8.92. The Bertz CT molecular complexity index is 187. The highest BCUT2D eigenvalue weighted by molar-refractivity contribution is 5.10. The summed E-state index contributed by atoms with van der Waals surface area (Å²) >= 11 is 0. The van der Waals surface area contributed by atoms with Crippen molar-refractivity contribution in [3.63, 3.8) is 0 Å². The molecule has 2 heteroatoms. The summed E-state index contributed by atoms with van der Waals surface area (Å²) in [6.45, 7) is 7.14. The summed E-state index contributed by atoms with van der Waals surface area (Å²) in [4.78, 5) is 0. The van der Waals surface area contributed by atoms with Gasteiger partial charge in [-0.15, -0.1) is 0 Å². The molecule has 2 atom stereocenters. The minimum atomic E-state index is 0.316. The molecule has 0 saturated carbocycles.